The third kappa shape index (κ3) is 4.36. The monoisotopic (exact) mass is 281 g/mol. The molecule has 0 aliphatic rings. The van der Waals surface area contributed by atoms with E-state index >= 15 is 0 Å². The van der Waals surface area contributed by atoms with Crippen LogP contribution in [0, 0.1) is 5.82 Å². The summed E-state index contributed by atoms with van der Waals surface area (Å²) < 4.78 is 54.5. The van der Waals surface area contributed by atoms with E-state index in [0.717, 1.165) is 0 Å². The number of alkyl halides is 3. The predicted octanol–water partition coefficient (Wildman–Crippen LogP) is 2.41. The number of nitrogens with one attached hydrogen (secondary N) is 1. The minimum Gasteiger partial charge on any atom is -0.494 e. The van der Waals surface area contributed by atoms with E-state index in [2.05, 4.69) is 5.32 Å². The molecule has 1 aromatic carbocycles. The standard InChI is InChI=1S/C12H15F4NO2/c1-7(17-6-11(18)12(14,15)16)8-3-4-10(19-2)9(13)5-8/h3-5,7,11,17-18H,6H2,1-2H3. The van der Waals surface area contributed by atoms with E-state index in [-0.39, 0.29) is 5.75 Å². The van der Waals surface area contributed by atoms with Crippen LogP contribution >= 0.6 is 0 Å². The number of halogens is 4. The van der Waals surface area contributed by atoms with Crippen molar-refractivity contribution in [1.82, 2.24) is 5.32 Å². The number of aliphatic hydroxyl groups excluding tert-OH is 1. The lowest BCUT2D eigenvalue weighted by Crippen LogP contribution is -2.39. The summed E-state index contributed by atoms with van der Waals surface area (Å²) in [5.74, 6) is -0.531. The fourth-order valence-corrected chi connectivity index (χ4v) is 1.47. The molecule has 1 aromatic rings. The summed E-state index contributed by atoms with van der Waals surface area (Å²) in [6.07, 6.45) is -7.12. The number of rotatable bonds is 5. The van der Waals surface area contributed by atoms with E-state index in [4.69, 9.17) is 9.84 Å². The van der Waals surface area contributed by atoms with Gasteiger partial charge in [-0.3, -0.25) is 0 Å². The Morgan fingerprint density at radius 1 is 1.37 bits per heavy atom. The van der Waals surface area contributed by atoms with Gasteiger partial charge < -0.3 is 15.2 Å². The van der Waals surface area contributed by atoms with Gasteiger partial charge in [-0.2, -0.15) is 13.2 Å². The molecule has 0 bridgehead atoms. The number of ether oxygens (including phenoxy) is 1. The van der Waals surface area contributed by atoms with Gasteiger partial charge in [0.1, 0.15) is 0 Å². The zero-order valence-corrected chi connectivity index (χ0v) is 10.5. The summed E-state index contributed by atoms with van der Waals surface area (Å²) >= 11 is 0. The molecule has 2 unspecified atom stereocenters. The molecule has 108 valence electrons. The van der Waals surface area contributed by atoms with Crippen LogP contribution in [0.25, 0.3) is 0 Å². The molecule has 0 aromatic heterocycles. The second kappa shape index (κ2) is 6.21. The van der Waals surface area contributed by atoms with E-state index in [9.17, 15) is 17.6 Å². The zero-order chi connectivity index (χ0) is 14.6. The van der Waals surface area contributed by atoms with Gasteiger partial charge in [-0.25, -0.2) is 4.39 Å². The Labute approximate surface area is 108 Å². The Hall–Kier alpha value is -1.34. The molecule has 19 heavy (non-hydrogen) atoms. The Balaban J connectivity index is 2.64. The number of hydrogen-bond donors (Lipinski definition) is 2. The molecule has 2 atom stereocenters. The van der Waals surface area contributed by atoms with Crippen LogP contribution in [-0.4, -0.2) is 31.0 Å². The lowest BCUT2D eigenvalue weighted by Gasteiger charge is -2.19. The lowest BCUT2D eigenvalue weighted by atomic mass is 10.1. The summed E-state index contributed by atoms with van der Waals surface area (Å²) in [5, 5.41) is 11.3. The van der Waals surface area contributed by atoms with Gasteiger partial charge in [0.15, 0.2) is 17.7 Å². The second-order valence-corrected chi connectivity index (χ2v) is 4.08. The van der Waals surface area contributed by atoms with Crippen LogP contribution in [-0.2, 0) is 0 Å². The molecule has 1 rings (SSSR count). The summed E-state index contributed by atoms with van der Waals surface area (Å²) in [7, 11) is 1.32. The topological polar surface area (TPSA) is 41.5 Å². The molecule has 0 saturated heterocycles. The molecule has 2 N–H and O–H groups in total. The highest BCUT2D eigenvalue weighted by Crippen LogP contribution is 2.23. The number of benzene rings is 1. The fraction of sp³-hybridized carbons (Fsp3) is 0.500. The number of methoxy groups -OCH3 is 1. The molecule has 0 fully saturated rings. The maximum Gasteiger partial charge on any atom is 0.415 e. The van der Waals surface area contributed by atoms with Gasteiger partial charge in [-0.1, -0.05) is 6.07 Å². The van der Waals surface area contributed by atoms with Gasteiger partial charge in [-0.15, -0.1) is 0 Å². The maximum atomic E-state index is 13.4. The van der Waals surface area contributed by atoms with Gasteiger partial charge in [-0.05, 0) is 24.6 Å². The van der Waals surface area contributed by atoms with Crippen LogP contribution in [0.1, 0.15) is 18.5 Å². The van der Waals surface area contributed by atoms with Crippen molar-refractivity contribution in [3.05, 3.63) is 29.6 Å². The van der Waals surface area contributed by atoms with Gasteiger partial charge in [0.05, 0.1) is 7.11 Å². The normalized spacial score (nSPS) is 15.1. The molecule has 3 nitrogen and oxygen atoms in total. The third-order valence-electron chi connectivity index (χ3n) is 2.67. The molecule has 0 heterocycles. The maximum absolute atomic E-state index is 13.4. The van der Waals surface area contributed by atoms with E-state index in [1.54, 1.807) is 13.0 Å². The lowest BCUT2D eigenvalue weighted by molar-refractivity contribution is -0.202. The molecule has 0 aliphatic carbocycles. The molecule has 0 radical (unpaired) electrons. The van der Waals surface area contributed by atoms with Crippen LogP contribution in [0.3, 0.4) is 0 Å². The second-order valence-electron chi connectivity index (χ2n) is 4.08. The Morgan fingerprint density at radius 3 is 2.47 bits per heavy atom. The predicted molar refractivity (Wildman–Crippen MR) is 61.4 cm³/mol. The average Bonchev–Trinajstić information content (AvgIpc) is 2.34. The van der Waals surface area contributed by atoms with Crippen LogP contribution < -0.4 is 10.1 Å². The molecule has 0 spiro atoms. The highest BCUT2D eigenvalue weighted by molar-refractivity contribution is 5.30. The van der Waals surface area contributed by atoms with Crippen LogP contribution in [0.15, 0.2) is 18.2 Å². The minimum atomic E-state index is -4.67. The van der Waals surface area contributed by atoms with E-state index in [1.165, 1.54) is 19.2 Å². The summed E-state index contributed by atoms with van der Waals surface area (Å²) in [6, 6.07) is 3.58. The first kappa shape index (κ1) is 15.7. The summed E-state index contributed by atoms with van der Waals surface area (Å²) in [6.45, 7) is 0.919. The average molecular weight is 281 g/mol. The molecule has 0 saturated carbocycles. The van der Waals surface area contributed by atoms with E-state index in [1.807, 2.05) is 0 Å². The fourth-order valence-electron chi connectivity index (χ4n) is 1.47. The van der Waals surface area contributed by atoms with Crippen LogP contribution in [0.5, 0.6) is 5.75 Å². The van der Waals surface area contributed by atoms with Crippen molar-refractivity contribution in [2.75, 3.05) is 13.7 Å². The SMILES string of the molecule is COc1ccc(C(C)NCC(O)C(F)(F)F)cc1F. The van der Waals surface area contributed by atoms with Crippen molar-refractivity contribution in [2.24, 2.45) is 0 Å². The third-order valence-corrected chi connectivity index (χ3v) is 2.67. The first-order valence-electron chi connectivity index (χ1n) is 5.57. The van der Waals surface area contributed by atoms with Gasteiger partial charge in [0.25, 0.3) is 0 Å². The molecule has 7 heteroatoms. The van der Waals surface area contributed by atoms with Crippen molar-refractivity contribution in [3.63, 3.8) is 0 Å². The highest BCUT2D eigenvalue weighted by atomic mass is 19.4. The molecular formula is C12H15F4NO2. The summed E-state index contributed by atoms with van der Waals surface area (Å²) in [4.78, 5) is 0. The first-order valence-corrected chi connectivity index (χ1v) is 5.57. The van der Waals surface area contributed by atoms with E-state index < -0.39 is 30.7 Å². The highest BCUT2D eigenvalue weighted by Gasteiger charge is 2.37. The molecular weight excluding hydrogens is 266 g/mol. The summed E-state index contributed by atoms with van der Waals surface area (Å²) in [5.41, 5.74) is 0.465. The van der Waals surface area contributed by atoms with E-state index in [0.29, 0.717) is 5.56 Å². The van der Waals surface area contributed by atoms with Crippen molar-refractivity contribution in [3.8, 4) is 5.75 Å². The van der Waals surface area contributed by atoms with Gasteiger partial charge in [0.2, 0.25) is 0 Å². The minimum absolute atomic E-state index is 0.0614. The number of hydrogen-bond acceptors (Lipinski definition) is 3. The van der Waals surface area contributed by atoms with Gasteiger partial charge in [0, 0.05) is 12.6 Å². The smallest absolute Gasteiger partial charge is 0.415 e. The van der Waals surface area contributed by atoms with Crippen LogP contribution in [0.2, 0.25) is 0 Å². The molecule has 0 amide bonds. The van der Waals surface area contributed by atoms with Gasteiger partial charge >= 0.3 is 6.18 Å². The first-order chi connectivity index (χ1) is 8.75. The zero-order valence-electron chi connectivity index (χ0n) is 10.5. The number of aliphatic hydroxyl groups is 1. The van der Waals surface area contributed by atoms with Crippen molar-refractivity contribution in [2.45, 2.75) is 25.2 Å². The molecule has 0 aliphatic heterocycles. The van der Waals surface area contributed by atoms with Crippen LogP contribution in [0.4, 0.5) is 17.6 Å². The quantitative estimate of drug-likeness (QED) is 0.814. The Morgan fingerprint density at radius 2 is 2.00 bits per heavy atom. The van der Waals surface area contributed by atoms with Crippen molar-refractivity contribution in [1.29, 1.82) is 0 Å². The Bertz CT molecular complexity index is 423. The van der Waals surface area contributed by atoms with Crippen molar-refractivity contribution >= 4 is 0 Å². The Kier molecular flexibility index (Phi) is 5.13. The van der Waals surface area contributed by atoms with Crippen molar-refractivity contribution < 1.29 is 27.4 Å². The largest absolute Gasteiger partial charge is 0.494 e.